The first-order valence-electron chi connectivity index (χ1n) is 4.55. The van der Waals surface area contributed by atoms with Crippen molar-refractivity contribution in [3.63, 3.8) is 0 Å². The van der Waals surface area contributed by atoms with E-state index in [-0.39, 0.29) is 0 Å². The lowest BCUT2D eigenvalue weighted by Gasteiger charge is -2.09. The van der Waals surface area contributed by atoms with E-state index >= 15 is 0 Å². The van der Waals surface area contributed by atoms with Gasteiger partial charge in [0.15, 0.2) is 0 Å². The van der Waals surface area contributed by atoms with Gasteiger partial charge in [-0.25, -0.2) is 0 Å². The molecule has 74 valence electrons. The molecular formula is C12H14O2. The Morgan fingerprint density at radius 1 is 1.43 bits per heavy atom. The molecule has 0 amide bonds. The standard InChI is InChI=1S/C12H14O2/c1-4-8-14-12-9-11(13-3)7-6-10(12)5-2/h1,6-7,9H,5,8H2,2-3H3. The molecule has 0 fully saturated rings. The van der Waals surface area contributed by atoms with Crippen molar-refractivity contribution in [2.45, 2.75) is 13.3 Å². The molecule has 1 rings (SSSR count). The predicted octanol–water partition coefficient (Wildman–Crippen LogP) is 2.27. The molecule has 0 aliphatic heterocycles. The highest BCUT2D eigenvalue weighted by Crippen LogP contribution is 2.24. The van der Waals surface area contributed by atoms with Crippen LogP contribution in [0.1, 0.15) is 12.5 Å². The normalized spacial score (nSPS) is 9.21. The largest absolute Gasteiger partial charge is 0.497 e. The third-order valence-corrected chi connectivity index (χ3v) is 1.97. The number of rotatable bonds is 4. The van der Waals surface area contributed by atoms with E-state index in [0.717, 1.165) is 23.5 Å². The average molecular weight is 190 g/mol. The molecule has 0 spiro atoms. The van der Waals surface area contributed by atoms with Crippen LogP contribution in [0.5, 0.6) is 11.5 Å². The summed E-state index contributed by atoms with van der Waals surface area (Å²) in [5, 5.41) is 0. The molecule has 1 aromatic carbocycles. The first-order valence-corrected chi connectivity index (χ1v) is 4.55. The van der Waals surface area contributed by atoms with E-state index < -0.39 is 0 Å². The van der Waals surface area contributed by atoms with Crippen molar-refractivity contribution in [2.75, 3.05) is 13.7 Å². The van der Waals surface area contributed by atoms with E-state index in [1.807, 2.05) is 18.2 Å². The number of hydrogen-bond donors (Lipinski definition) is 0. The van der Waals surface area contributed by atoms with E-state index in [0.29, 0.717) is 6.61 Å². The van der Waals surface area contributed by atoms with Crippen molar-refractivity contribution < 1.29 is 9.47 Å². The van der Waals surface area contributed by atoms with Gasteiger partial charge in [0.05, 0.1) is 7.11 Å². The Hall–Kier alpha value is -1.62. The van der Waals surface area contributed by atoms with Crippen molar-refractivity contribution in [1.29, 1.82) is 0 Å². The molecule has 2 nitrogen and oxygen atoms in total. The smallest absolute Gasteiger partial charge is 0.148 e. The highest BCUT2D eigenvalue weighted by molar-refractivity contribution is 5.40. The summed E-state index contributed by atoms with van der Waals surface area (Å²) in [6, 6.07) is 5.77. The molecule has 0 aromatic heterocycles. The van der Waals surface area contributed by atoms with E-state index in [1.165, 1.54) is 0 Å². The predicted molar refractivity (Wildman–Crippen MR) is 56.7 cm³/mol. The molecule has 0 saturated heterocycles. The number of hydrogen-bond acceptors (Lipinski definition) is 2. The van der Waals surface area contributed by atoms with Crippen LogP contribution in [0.2, 0.25) is 0 Å². The molecule has 0 radical (unpaired) electrons. The Bertz CT molecular complexity index is 337. The summed E-state index contributed by atoms with van der Waals surface area (Å²) in [6.45, 7) is 2.37. The van der Waals surface area contributed by atoms with Gasteiger partial charge >= 0.3 is 0 Å². The van der Waals surface area contributed by atoms with Crippen LogP contribution in [0.15, 0.2) is 18.2 Å². The SMILES string of the molecule is C#CCOc1cc(OC)ccc1CC. The van der Waals surface area contributed by atoms with Gasteiger partial charge in [-0.1, -0.05) is 18.9 Å². The maximum Gasteiger partial charge on any atom is 0.148 e. The van der Waals surface area contributed by atoms with Crippen LogP contribution in [0.3, 0.4) is 0 Å². The van der Waals surface area contributed by atoms with Crippen LogP contribution >= 0.6 is 0 Å². The second-order valence-electron chi connectivity index (χ2n) is 2.82. The minimum atomic E-state index is 0.292. The number of methoxy groups -OCH3 is 1. The topological polar surface area (TPSA) is 18.5 Å². The quantitative estimate of drug-likeness (QED) is 0.678. The highest BCUT2D eigenvalue weighted by Gasteiger charge is 2.03. The van der Waals surface area contributed by atoms with Crippen molar-refractivity contribution >= 4 is 0 Å². The Morgan fingerprint density at radius 2 is 2.21 bits per heavy atom. The van der Waals surface area contributed by atoms with Gasteiger partial charge in [-0.15, -0.1) is 6.42 Å². The fourth-order valence-corrected chi connectivity index (χ4v) is 1.21. The van der Waals surface area contributed by atoms with Gasteiger partial charge in [0, 0.05) is 6.07 Å². The monoisotopic (exact) mass is 190 g/mol. The number of ether oxygens (including phenoxy) is 2. The summed E-state index contributed by atoms with van der Waals surface area (Å²) >= 11 is 0. The van der Waals surface area contributed by atoms with Crippen LogP contribution < -0.4 is 9.47 Å². The van der Waals surface area contributed by atoms with Gasteiger partial charge in [-0.2, -0.15) is 0 Å². The first-order chi connectivity index (χ1) is 6.81. The van der Waals surface area contributed by atoms with Crippen molar-refractivity contribution in [3.8, 4) is 23.8 Å². The number of aryl methyl sites for hydroxylation is 1. The van der Waals surface area contributed by atoms with E-state index in [1.54, 1.807) is 7.11 Å². The molecule has 0 aliphatic carbocycles. The third kappa shape index (κ3) is 2.43. The van der Waals surface area contributed by atoms with Gasteiger partial charge in [0.1, 0.15) is 18.1 Å². The van der Waals surface area contributed by atoms with Crippen LogP contribution in [0.25, 0.3) is 0 Å². The second kappa shape index (κ2) is 5.18. The van der Waals surface area contributed by atoms with Crippen LogP contribution in [-0.2, 0) is 6.42 Å². The summed E-state index contributed by atoms with van der Waals surface area (Å²) in [5.74, 6) is 4.04. The van der Waals surface area contributed by atoms with Gasteiger partial charge in [0.2, 0.25) is 0 Å². The Labute approximate surface area is 84.8 Å². The molecule has 14 heavy (non-hydrogen) atoms. The van der Waals surface area contributed by atoms with E-state index in [4.69, 9.17) is 15.9 Å². The Balaban J connectivity index is 2.91. The zero-order valence-electron chi connectivity index (χ0n) is 8.54. The molecular weight excluding hydrogens is 176 g/mol. The minimum absolute atomic E-state index is 0.292. The summed E-state index contributed by atoms with van der Waals surface area (Å²) < 4.78 is 10.5. The fourth-order valence-electron chi connectivity index (χ4n) is 1.21. The molecule has 0 aliphatic rings. The third-order valence-electron chi connectivity index (χ3n) is 1.97. The molecule has 2 heteroatoms. The zero-order chi connectivity index (χ0) is 10.4. The molecule has 0 bridgehead atoms. The van der Waals surface area contributed by atoms with Gasteiger partial charge in [-0.3, -0.25) is 0 Å². The van der Waals surface area contributed by atoms with Gasteiger partial charge in [-0.05, 0) is 18.1 Å². The number of benzene rings is 1. The lowest BCUT2D eigenvalue weighted by Crippen LogP contribution is -1.97. The van der Waals surface area contributed by atoms with Gasteiger partial charge in [0.25, 0.3) is 0 Å². The summed E-state index contributed by atoms with van der Waals surface area (Å²) in [4.78, 5) is 0. The van der Waals surface area contributed by atoms with E-state index in [2.05, 4.69) is 12.8 Å². The minimum Gasteiger partial charge on any atom is -0.497 e. The maximum absolute atomic E-state index is 5.40. The Kier molecular flexibility index (Phi) is 3.87. The van der Waals surface area contributed by atoms with Crippen LogP contribution in [0.4, 0.5) is 0 Å². The van der Waals surface area contributed by atoms with Crippen LogP contribution in [-0.4, -0.2) is 13.7 Å². The van der Waals surface area contributed by atoms with Gasteiger partial charge < -0.3 is 9.47 Å². The van der Waals surface area contributed by atoms with Crippen LogP contribution in [0, 0.1) is 12.3 Å². The van der Waals surface area contributed by atoms with Crippen molar-refractivity contribution in [3.05, 3.63) is 23.8 Å². The molecule has 0 unspecified atom stereocenters. The fraction of sp³-hybridized carbons (Fsp3) is 0.333. The lowest BCUT2D eigenvalue weighted by atomic mass is 10.1. The first kappa shape index (κ1) is 10.5. The average Bonchev–Trinajstić information content (AvgIpc) is 2.25. The summed E-state index contributed by atoms with van der Waals surface area (Å²) in [7, 11) is 1.63. The zero-order valence-corrected chi connectivity index (χ0v) is 8.54. The summed E-state index contributed by atoms with van der Waals surface area (Å²) in [5.41, 5.74) is 1.14. The molecule has 0 saturated carbocycles. The Morgan fingerprint density at radius 3 is 2.79 bits per heavy atom. The highest BCUT2D eigenvalue weighted by atomic mass is 16.5. The maximum atomic E-state index is 5.40. The number of terminal acetylenes is 1. The molecule has 0 heterocycles. The molecule has 0 N–H and O–H groups in total. The molecule has 1 aromatic rings. The van der Waals surface area contributed by atoms with Crippen molar-refractivity contribution in [1.82, 2.24) is 0 Å². The second-order valence-corrected chi connectivity index (χ2v) is 2.82. The summed E-state index contributed by atoms with van der Waals surface area (Å²) in [6.07, 6.45) is 6.05. The lowest BCUT2D eigenvalue weighted by molar-refractivity contribution is 0.359. The van der Waals surface area contributed by atoms with E-state index in [9.17, 15) is 0 Å². The molecule has 0 atom stereocenters. The van der Waals surface area contributed by atoms with Crippen molar-refractivity contribution in [2.24, 2.45) is 0 Å².